The molecule has 38 heavy (non-hydrogen) atoms. The summed E-state index contributed by atoms with van der Waals surface area (Å²) in [6, 6.07) is 9.79. The average Bonchev–Trinajstić information content (AvgIpc) is 2.93. The molecule has 1 aliphatic carbocycles. The summed E-state index contributed by atoms with van der Waals surface area (Å²) in [6.07, 6.45) is 5.55. The van der Waals surface area contributed by atoms with Gasteiger partial charge in [0.25, 0.3) is 0 Å². The molecule has 10 nitrogen and oxygen atoms in total. The number of methoxy groups -OCH3 is 2. The number of amides is 2. The van der Waals surface area contributed by atoms with Gasteiger partial charge in [-0.2, -0.15) is 5.01 Å². The topological polar surface area (TPSA) is 131 Å². The number of phenols is 1. The Morgan fingerprint density at radius 3 is 2.39 bits per heavy atom. The van der Waals surface area contributed by atoms with Gasteiger partial charge in [0.1, 0.15) is 12.0 Å². The number of ether oxygens (including phenoxy) is 2. The van der Waals surface area contributed by atoms with Crippen molar-refractivity contribution in [1.82, 2.24) is 10.3 Å². The molecule has 3 aromatic rings. The predicted molar refractivity (Wildman–Crippen MR) is 146 cm³/mol. The van der Waals surface area contributed by atoms with Crippen LogP contribution in [0.25, 0.3) is 22.1 Å². The lowest BCUT2D eigenvalue weighted by atomic mass is 9.87. The van der Waals surface area contributed by atoms with E-state index in [0.717, 1.165) is 42.2 Å². The molecular weight excluding hydrogens is 514 g/mol. The molecule has 0 atom stereocenters. The summed E-state index contributed by atoms with van der Waals surface area (Å²) in [6.45, 7) is 2.37. The van der Waals surface area contributed by atoms with Crippen molar-refractivity contribution in [3.05, 3.63) is 57.8 Å². The van der Waals surface area contributed by atoms with E-state index in [0.29, 0.717) is 16.7 Å². The summed E-state index contributed by atoms with van der Waals surface area (Å²) in [5, 5.41) is 16.4. The second-order valence-electron chi connectivity index (χ2n) is 9.00. The summed E-state index contributed by atoms with van der Waals surface area (Å²) >= 11 is 5.46. The van der Waals surface area contributed by atoms with Crippen molar-refractivity contribution in [3.63, 3.8) is 0 Å². The normalized spacial score (nSPS) is 16.6. The van der Waals surface area contributed by atoms with Gasteiger partial charge in [-0.1, -0.05) is 19.1 Å². The van der Waals surface area contributed by atoms with E-state index in [1.54, 1.807) is 31.4 Å². The van der Waals surface area contributed by atoms with Gasteiger partial charge in [0.15, 0.2) is 11.3 Å². The SMILES string of the molecule is CC1CCC(NC(=O)N(CCCl)N=O)CC1.COc1ccc(-c2coc3c(OC)c(O)ccc3c2=O)cc1. The number of aromatic hydroxyl groups is 1. The third-order valence-corrected chi connectivity index (χ3v) is 6.62. The fourth-order valence-corrected chi connectivity index (χ4v) is 4.40. The molecule has 0 bridgehead atoms. The van der Waals surface area contributed by atoms with Crippen LogP contribution in [0.3, 0.4) is 0 Å². The van der Waals surface area contributed by atoms with E-state index in [4.69, 9.17) is 25.5 Å². The number of nitrogens with zero attached hydrogens (tertiary/aromatic N) is 2. The van der Waals surface area contributed by atoms with Crippen LogP contribution in [-0.2, 0) is 0 Å². The summed E-state index contributed by atoms with van der Waals surface area (Å²) in [4.78, 5) is 34.6. The van der Waals surface area contributed by atoms with E-state index in [9.17, 15) is 19.6 Å². The Hall–Kier alpha value is -3.79. The fraction of sp³-hybridized carbons (Fsp3) is 0.407. The maximum absolute atomic E-state index is 12.6. The molecule has 1 heterocycles. The quantitative estimate of drug-likeness (QED) is 0.222. The second kappa shape index (κ2) is 13.7. The largest absolute Gasteiger partial charge is 0.504 e. The number of carbonyl (C=O) groups excluding carboxylic acids is 1. The molecule has 4 rings (SSSR count). The summed E-state index contributed by atoms with van der Waals surface area (Å²) < 4.78 is 15.7. The maximum atomic E-state index is 12.6. The third kappa shape index (κ3) is 6.95. The highest BCUT2D eigenvalue weighted by atomic mass is 35.5. The highest BCUT2D eigenvalue weighted by Crippen LogP contribution is 2.34. The molecule has 2 N–H and O–H groups in total. The average molecular weight is 546 g/mol. The molecule has 204 valence electrons. The van der Waals surface area contributed by atoms with Crippen LogP contribution in [0.5, 0.6) is 17.2 Å². The summed E-state index contributed by atoms with van der Waals surface area (Å²) in [7, 11) is 2.99. The summed E-state index contributed by atoms with van der Waals surface area (Å²) in [5.74, 6) is 1.73. The first-order valence-corrected chi connectivity index (χ1v) is 12.8. The Bertz CT molecular complexity index is 1290. The molecule has 1 aromatic heterocycles. The minimum atomic E-state index is -0.435. The van der Waals surface area contributed by atoms with Crippen molar-refractivity contribution in [3.8, 4) is 28.4 Å². The van der Waals surface area contributed by atoms with Crippen LogP contribution in [0, 0.1) is 10.8 Å². The van der Waals surface area contributed by atoms with Crippen molar-refractivity contribution in [1.29, 1.82) is 0 Å². The predicted octanol–water partition coefficient (Wildman–Crippen LogP) is 5.68. The molecule has 1 fully saturated rings. The monoisotopic (exact) mass is 545 g/mol. The van der Waals surface area contributed by atoms with Crippen LogP contribution in [-0.4, -0.2) is 48.8 Å². The minimum Gasteiger partial charge on any atom is -0.504 e. The van der Waals surface area contributed by atoms with Gasteiger partial charge in [-0.15, -0.1) is 16.5 Å². The van der Waals surface area contributed by atoms with E-state index >= 15 is 0 Å². The van der Waals surface area contributed by atoms with E-state index in [1.165, 1.54) is 25.5 Å². The molecule has 1 aliphatic rings. The number of hydrogen-bond acceptors (Lipinski definition) is 8. The van der Waals surface area contributed by atoms with Gasteiger partial charge in [-0.05, 0) is 61.4 Å². The van der Waals surface area contributed by atoms with Crippen LogP contribution in [0.1, 0.15) is 32.6 Å². The number of hydrogen-bond donors (Lipinski definition) is 2. The van der Waals surface area contributed by atoms with Crippen LogP contribution in [0.15, 0.2) is 57.2 Å². The zero-order valence-electron chi connectivity index (χ0n) is 21.6. The van der Waals surface area contributed by atoms with Crippen LogP contribution >= 0.6 is 11.6 Å². The fourth-order valence-electron chi connectivity index (χ4n) is 4.24. The van der Waals surface area contributed by atoms with E-state index < -0.39 is 6.03 Å². The number of fused-ring (bicyclic) bond motifs is 1. The summed E-state index contributed by atoms with van der Waals surface area (Å²) in [5.41, 5.74) is 1.20. The second-order valence-corrected chi connectivity index (χ2v) is 9.38. The molecule has 2 amide bonds. The van der Waals surface area contributed by atoms with Crippen molar-refractivity contribution in [2.45, 2.75) is 38.6 Å². The number of nitroso groups, excluding NO2 is 1. The number of alkyl halides is 1. The minimum absolute atomic E-state index is 0.0738. The van der Waals surface area contributed by atoms with Crippen LogP contribution < -0.4 is 20.2 Å². The molecule has 0 unspecified atom stereocenters. The number of halogens is 1. The molecule has 1 saturated carbocycles. The zero-order chi connectivity index (χ0) is 27.7. The maximum Gasteiger partial charge on any atom is 0.340 e. The number of phenolic OH excluding ortho intramolecular Hbond substituents is 1. The van der Waals surface area contributed by atoms with Crippen molar-refractivity contribution in [2.75, 3.05) is 26.6 Å². The number of carbonyl (C=O) groups is 1. The molecule has 0 saturated heterocycles. The van der Waals surface area contributed by atoms with Crippen LogP contribution in [0.2, 0.25) is 0 Å². The standard InChI is InChI=1S/C17H14O5.C10H18ClN3O2/c1-20-11-5-3-10(4-6-11)13-9-22-16-12(15(13)19)7-8-14(18)17(16)21-2;1-8-2-4-9(5-3-8)12-10(15)14(13-16)7-6-11/h3-9,18H,1-2H3;8-9H,2-7H2,1H3,(H,12,15). The lowest BCUT2D eigenvalue weighted by Crippen LogP contribution is -2.44. The number of nitrogens with one attached hydrogen (secondary N) is 1. The molecule has 0 aliphatic heterocycles. The number of rotatable bonds is 7. The van der Waals surface area contributed by atoms with E-state index in [1.807, 2.05) is 0 Å². The van der Waals surface area contributed by atoms with E-state index in [-0.39, 0.29) is 41.0 Å². The first-order chi connectivity index (χ1) is 18.3. The first-order valence-electron chi connectivity index (χ1n) is 12.3. The Labute approximate surface area is 225 Å². The van der Waals surface area contributed by atoms with Gasteiger partial charge in [-0.3, -0.25) is 4.79 Å². The highest BCUT2D eigenvalue weighted by Gasteiger charge is 2.22. The first kappa shape index (κ1) is 28.8. The van der Waals surface area contributed by atoms with Crippen molar-refractivity contribution < 1.29 is 23.8 Å². The van der Waals surface area contributed by atoms with Gasteiger partial charge < -0.3 is 24.3 Å². The lowest BCUT2D eigenvalue weighted by molar-refractivity contribution is 0.191. The Morgan fingerprint density at radius 1 is 1.13 bits per heavy atom. The molecule has 2 aromatic carbocycles. The van der Waals surface area contributed by atoms with E-state index in [2.05, 4.69) is 17.5 Å². The van der Waals surface area contributed by atoms with Gasteiger partial charge in [0.2, 0.25) is 11.2 Å². The van der Waals surface area contributed by atoms with Crippen molar-refractivity contribution in [2.24, 2.45) is 11.2 Å². The van der Waals surface area contributed by atoms with Crippen LogP contribution in [0.4, 0.5) is 4.79 Å². The lowest BCUT2D eigenvalue weighted by Gasteiger charge is -2.27. The van der Waals surface area contributed by atoms with Crippen molar-refractivity contribution >= 4 is 28.6 Å². The number of benzene rings is 2. The van der Waals surface area contributed by atoms with Gasteiger partial charge in [-0.25, -0.2) is 4.79 Å². The highest BCUT2D eigenvalue weighted by molar-refractivity contribution is 6.18. The Balaban J connectivity index is 0.000000223. The Morgan fingerprint density at radius 2 is 1.82 bits per heavy atom. The van der Waals surface area contributed by atoms with Gasteiger partial charge in [0, 0.05) is 11.9 Å². The molecule has 0 spiro atoms. The molecular formula is C27H32ClN3O7. The number of urea groups is 1. The van der Waals surface area contributed by atoms with Gasteiger partial charge >= 0.3 is 6.03 Å². The third-order valence-electron chi connectivity index (χ3n) is 6.45. The van der Waals surface area contributed by atoms with Gasteiger partial charge in [0.05, 0.1) is 37.0 Å². The zero-order valence-corrected chi connectivity index (χ0v) is 22.4. The smallest absolute Gasteiger partial charge is 0.340 e. The Kier molecular flexibility index (Phi) is 10.3. The molecule has 0 radical (unpaired) electrons. The molecule has 11 heteroatoms.